The molecule has 26 heavy (non-hydrogen) atoms. The molecule has 138 valence electrons. The van der Waals surface area contributed by atoms with Crippen molar-refractivity contribution in [3.63, 3.8) is 0 Å². The molecule has 0 atom stereocenters. The number of halogens is 1. The van der Waals surface area contributed by atoms with Crippen molar-refractivity contribution >= 4 is 29.2 Å². The Hall–Kier alpha value is -2.46. The molecule has 2 aromatic rings. The van der Waals surface area contributed by atoms with Crippen molar-refractivity contribution in [3.05, 3.63) is 58.6 Å². The van der Waals surface area contributed by atoms with E-state index in [0.717, 1.165) is 19.3 Å². The van der Waals surface area contributed by atoms with Crippen LogP contribution in [0.15, 0.2) is 42.5 Å². The normalized spacial score (nSPS) is 11.3. The highest BCUT2D eigenvalue weighted by atomic mass is 35.5. The van der Waals surface area contributed by atoms with Gasteiger partial charge in [-0.1, -0.05) is 43.5 Å². The van der Waals surface area contributed by atoms with E-state index in [1.165, 1.54) is 0 Å². The van der Waals surface area contributed by atoms with E-state index < -0.39 is 5.97 Å². The molecule has 0 heterocycles. The van der Waals surface area contributed by atoms with Crippen molar-refractivity contribution in [2.24, 2.45) is 0 Å². The van der Waals surface area contributed by atoms with Gasteiger partial charge < -0.3 is 14.6 Å². The minimum Gasteiger partial charge on any atom is -0.497 e. The van der Waals surface area contributed by atoms with Gasteiger partial charge in [0.25, 0.3) is 0 Å². The zero-order valence-electron chi connectivity index (χ0n) is 15.0. The van der Waals surface area contributed by atoms with Gasteiger partial charge in [-0.3, -0.25) is 0 Å². The van der Waals surface area contributed by atoms with Gasteiger partial charge in [0.2, 0.25) is 0 Å². The van der Waals surface area contributed by atoms with E-state index in [4.69, 9.17) is 21.1 Å². The first-order valence-corrected chi connectivity index (χ1v) is 8.94. The number of unbranched alkanes of at least 4 members (excludes halogenated alkanes) is 2. The first-order valence-electron chi connectivity index (χ1n) is 8.57. The third-order valence-corrected chi connectivity index (χ3v) is 4.14. The Morgan fingerprint density at radius 2 is 1.88 bits per heavy atom. The van der Waals surface area contributed by atoms with Gasteiger partial charge in [-0.05, 0) is 48.4 Å². The number of carboxylic acids is 1. The molecule has 0 fully saturated rings. The Morgan fingerprint density at radius 1 is 1.15 bits per heavy atom. The fourth-order valence-electron chi connectivity index (χ4n) is 2.49. The molecule has 2 aromatic carbocycles. The highest BCUT2D eigenvalue weighted by molar-refractivity contribution is 6.31. The molecule has 0 spiro atoms. The minimum absolute atomic E-state index is 0.160. The van der Waals surface area contributed by atoms with Gasteiger partial charge in [-0.15, -0.1) is 0 Å². The minimum atomic E-state index is -1.02. The lowest BCUT2D eigenvalue weighted by molar-refractivity contribution is -0.130. The molecule has 5 heteroatoms. The van der Waals surface area contributed by atoms with Gasteiger partial charge in [0, 0.05) is 10.6 Å². The Bertz CT molecular complexity index is 766. The molecule has 2 rings (SSSR count). The van der Waals surface area contributed by atoms with Gasteiger partial charge >= 0.3 is 5.97 Å². The topological polar surface area (TPSA) is 55.8 Å². The molecule has 0 bridgehead atoms. The monoisotopic (exact) mass is 374 g/mol. The van der Waals surface area contributed by atoms with Crippen molar-refractivity contribution in [2.45, 2.75) is 26.2 Å². The highest BCUT2D eigenvalue weighted by Crippen LogP contribution is 2.29. The quantitative estimate of drug-likeness (QED) is 0.355. The molecule has 0 aliphatic carbocycles. The maximum Gasteiger partial charge on any atom is 0.336 e. The fraction of sp³-hybridized carbons (Fsp3) is 0.286. The third-order valence-electron chi connectivity index (χ3n) is 3.91. The lowest BCUT2D eigenvalue weighted by Gasteiger charge is -2.11. The van der Waals surface area contributed by atoms with Crippen LogP contribution in [0.5, 0.6) is 11.5 Å². The van der Waals surface area contributed by atoms with Crippen LogP contribution >= 0.6 is 11.6 Å². The van der Waals surface area contributed by atoms with Gasteiger partial charge in [0.1, 0.15) is 11.5 Å². The van der Waals surface area contributed by atoms with Crippen LogP contribution in [0.3, 0.4) is 0 Å². The molecule has 0 unspecified atom stereocenters. The van der Waals surface area contributed by atoms with Gasteiger partial charge in [0.05, 0.1) is 19.3 Å². The second-order valence-corrected chi connectivity index (χ2v) is 6.27. The van der Waals surface area contributed by atoms with Gasteiger partial charge in [0.15, 0.2) is 0 Å². The van der Waals surface area contributed by atoms with E-state index in [2.05, 4.69) is 6.92 Å². The van der Waals surface area contributed by atoms with E-state index in [0.29, 0.717) is 34.3 Å². The van der Waals surface area contributed by atoms with Crippen molar-refractivity contribution in [2.75, 3.05) is 13.7 Å². The highest BCUT2D eigenvalue weighted by Gasteiger charge is 2.13. The van der Waals surface area contributed by atoms with Crippen LogP contribution in [-0.2, 0) is 4.79 Å². The van der Waals surface area contributed by atoms with Crippen molar-refractivity contribution < 1.29 is 19.4 Å². The predicted octanol–water partition coefficient (Wildman–Crippen LogP) is 5.54. The smallest absolute Gasteiger partial charge is 0.336 e. The fourth-order valence-corrected chi connectivity index (χ4v) is 2.67. The summed E-state index contributed by atoms with van der Waals surface area (Å²) < 4.78 is 11.0. The molecule has 0 saturated heterocycles. The summed E-state index contributed by atoms with van der Waals surface area (Å²) in [5.41, 5.74) is 1.38. The Kier molecular flexibility index (Phi) is 7.54. The van der Waals surface area contributed by atoms with Crippen molar-refractivity contribution in [1.29, 1.82) is 0 Å². The average Bonchev–Trinajstić information content (AvgIpc) is 2.64. The molecule has 0 aromatic heterocycles. The lowest BCUT2D eigenvalue weighted by Crippen LogP contribution is -2.02. The van der Waals surface area contributed by atoms with Crippen LogP contribution in [0.1, 0.15) is 37.3 Å². The van der Waals surface area contributed by atoms with Crippen LogP contribution in [0.4, 0.5) is 0 Å². The maximum absolute atomic E-state index is 11.8. The number of benzene rings is 2. The lowest BCUT2D eigenvalue weighted by atomic mass is 10.0. The number of carboxylic acid groups (broad SMARTS) is 1. The summed E-state index contributed by atoms with van der Waals surface area (Å²) in [7, 11) is 1.57. The number of hydrogen-bond acceptors (Lipinski definition) is 3. The largest absolute Gasteiger partial charge is 0.497 e. The van der Waals surface area contributed by atoms with Crippen LogP contribution in [-0.4, -0.2) is 24.8 Å². The zero-order valence-corrected chi connectivity index (χ0v) is 15.8. The number of methoxy groups -OCH3 is 1. The third kappa shape index (κ3) is 5.53. The average molecular weight is 375 g/mol. The van der Waals surface area contributed by atoms with E-state index in [1.807, 2.05) is 0 Å². The molecule has 0 radical (unpaired) electrons. The number of hydrogen-bond donors (Lipinski definition) is 1. The number of rotatable bonds is 9. The van der Waals surface area contributed by atoms with E-state index >= 15 is 0 Å². The zero-order chi connectivity index (χ0) is 18.9. The molecule has 0 aliphatic rings. The van der Waals surface area contributed by atoms with Crippen molar-refractivity contribution in [1.82, 2.24) is 0 Å². The SMILES string of the molecule is CCCCCOc1ccc(Cl)cc1/C=C(\C(=O)O)c1ccc(OC)cc1. The first-order chi connectivity index (χ1) is 12.5. The van der Waals surface area contributed by atoms with Crippen LogP contribution in [0.25, 0.3) is 11.6 Å². The Morgan fingerprint density at radius 3 is 2.50 bits per heavy atom. The standard InChI is InChI=1S/C21H23ClO4/c1-3-4-5-12-26-20-11-8-17(22)13-16(20)14-19(21(23)24)15-6-9-18(25-2)10-7-15/h6-11,13-14H,3-5,12H2,1-2H3,(H,23,24)/b19-14-. The van der Waals surface area contributed by atoms with Crippen LogP contribution in [0.2, 0.25) is 5.02 Å². The van der Waals surface area contributed by atoms with E-state index in [9.17, 15) is 9.90 Å². The number of carbonyl (C=O) groups is 1. The summed E-state index contributed by atoms with van der Waals surface area (Å²) in [6.07, 6.45) is 4.74. The predicted molar refractivity (Wildman–Crippen MR) is 105 cm³/mol. The summed E-state index contributed by atoms with van der Waals surface area (Å²) in [6, 6.07) is 12.1. The summed E-state index contributed by atoms with van der Waals surface area (Å²) >= 11 is 6.10. The second kappa shape index (κ2) is 9.88. The molecular weight excluding hydrogens is 352 g/mol. The molecule has 0 amide bonds. The summed E-state index contributed by atoms with van der Waals surface area (Å²) in [5.74, 6) is 0.269. The van der Waals surface area contributed by atoms with Crippen LogP contribution in [0, 0.1) is 0 Å². The summed E-state index contributed by atoms with van der Waals surface area (Å²) in [6.45, 7) is 2.71. The first kappa shape index (κ1) is 19.9. The molecule has 0 saturated carbocycles. The van der Waals surface area contributed by atoms with Crippen LogP contribution < -0.4 is 9.47 Å². The number of aliphatic carboxylic acids is 1. The Balaban J connectivity index is 2.35. The maximum atomic E-state index is 11.8. The Labute approximate surface area is 159 Å². The van der Waals surface area contributed by atoms with E-state index in [1.54, 1.807) is 55.7 Å². The molecule has 4 nitrogen and oxygen atoms in total. The molecule has 1 N–H and O–H groups in total. The summed E-state index contributed by atoms with van der Waals surface area (Å²) in [4.78, 5) is 11.8. The number of ether oxygens (including phenoxy) is 2. The molecular formula is C21H23ClO4. The van der Waals surface area contributed by atoms with E-state index in [-0.39, 0.29) is 5.57 Å². The second-order valence-electron chi connectivity index (χ2n) is 5.83. The van der Waals surface area contributed by atoms with Gasteiger partial charge in [-0.2, -0.15) is 0 Å². The molecule has 0 aliphatic heterocycles. The van der Waals surface area contributed by atoms with Crippen molar-refractivity contribution in [3.8, 4) is 11.5 Å². The summed E-state index contributed by atoms with van der Waals surface area (Å²) in [5, 5.41) is 10.2. The van der Waals surface area contributed by atoms with Gasteiger partial charge in [-0.25, -0.2) is 4.79 Å².